The molecule has 2 heteroatoms. The number of aryl methyl sites for hydroxylation is 2. The lowest BCUT2D eigenvalue weighted by Gasteiger charge is -2.11. The van der Waals surface area contributed by atoms with Crippen molar-refractivity contribution in [2.45, 2.75) is 90.9 Å². The fraction of sp³-hybridized carbons (Fsp3) is 0.538. The van der Waals surface area contributed by atoms with Gasteiger partial charge in [0, 0.05) is 11.1 Å². The second-order valence-corrected chi connectivity index (χ2v) is 8.03. The lowest BCUT2D eigenvalue weighted by molar-refractivity contribution is 0.468. The predicted octanol–water partition coefficient (Wildman–Crippen LogP) is 7.79. The Kier molecular flexibility index (Phi) is 9.96. The molecule has 0 unspecified atom stereocenters. The van der Waals surface area contributed by atoms with E-state index in [1.807, 2.05) is 24.3 Å². The summed E-state index contributed by atoms with van der Waals surface area (Å²) >= 11 is 0. The fourth-order valence-electron chi connectivity index (χ4n) is 3.79. The minimum atomic E-state index is 0.258. The molecule has 0 heterocycles. The second kappa shape index (κ2) is 12.5. The predicted molar refractivity (Wildman–Crippen MR) is 120 cm³/mol. The molecule has 0 atom stereocenters. The number of phenolic OH excluding ortho intramolecular Hbond substituents is 2. The number of hydrogen-bond donors (Lipinski definition) is 2. The first-order valence-electron chi connectivity index (χ1n) is 11.3. The summed E-state index contributed by atoms with van der Waals surface area (Å²) in [6.45, 7) is 4.46. The summed E-state index contributed by atoms with van der Waals surface area (Å²) in [7, 11) is 0. The van der Waals surface area contributed by atoms with Crippen molar-refractivity contribution in [2.24, 2.45) is 0 Å². The molecule has 0 aromatic heterocycles. The van der Waals surface area contributed by atoms with Crippen LogP contribution in [0.25, 0.3) is 11.1 Å². The fourth-order valence-corrected chi connectivity index (χ4v) is 3.79. The van der Waals surface area contributed by atoms with E-state index in [2.05, 4.69) is 26.0 Å². The van der Waals surface area contributed by atoms with Gasteiger partial charge in [-0.2, -0.15) is 0 Å². The van der Waals surface area contributed by atoms with E-state index in [0.29, 0.717) is 11.1 Å². The van der Waals surface area contributed by atoms with E-state index in [9.17, 15) is 10.2 Å². The van der Waals surface area contributed by atoms with Crippen molar-refractivity contribution in [3.8, 4) is 22.6 Å². The molecule has 0 aliphatic heterocycles. The van der Waals surface area contributed by atoms with Crippen molar-refractivity contribution in [1.82, 2.24) is 0 Å². The smallest absolute Gasteiger partial charge is 0.123 e. The highest BCUT2D eigenvalue weighted by molar-refractivity contribution is 5.75. The summed E-state index contributed by atoms with van der Waals surface area (Å²) in [5, 5.41) is 21.0. The molecule has 0 amide bonds. The Bertz CT molecular complexity index is 644. The van der Waals surface area contributed by atoms with Gasteiger partial charge in [0.05, 0.1) is 0 Å². The van der Waals surface area contributed by atoms with Crippen molar-refractivity contribution in [2.75, 3.05) is 0 Å². The number of unbranched alkanes of at least 4 members (excludes halogenated alkanes) is 8. The molecule has 28 heavy (non-hydrogen) atoms. The van der Waals surface area contributed by atoms with Crippen molar-refractivity contribution >= 4 is 0 Å². The maximum absolute atomic E-state index is 10.5. The van der Waals surface area contributed by atoms with E-state index >= 15 is 0 Å². The highest BCUT2D eigenvalue weighted by Crippen LogP contribution is 2.36. The van der Waals surface area contributed by atoms with Crippen LogP contribution in [0, 0.1) is 0 Å². The third-order valence-corrected chi connectivity index (χ3v) is 5.55. The number of hydrogen-bond acceptors (Lipinski definition) is 2. The normalized spacial score (nSPS) is 11.1. The first-order chi connectivity index (χ1) is 13.7. The van der Waals surface area contributed by atoms with Gasteiger partial charge in [-0.1, -0.05) is 89.5 Å². The Labute approximate surface area is 171 Å². The summed E-state index contributed by atoms with van der Waals surface area (Å²) in [4.78, 5) is 0. The van der Waals surface area contributed by atoms with E-state index < -0.39 is 0 Å². The zero-order valence-electron chi connectivity index (χ0n) is 17.8. The Morgan fingerprint density at radius 1 is 0.536 bits per heavy atom. The molecule has 0 fully saturated rings. The third kappa shape index (κ3) is 7.22. The molecule has 0 aliphatic carbocycles. The first-order valence-corrected chi connectivity index (χ1v) is 11.3. The summed E-state index contributed by atoms with van der Waals surface area (Å²) in [6.07, 6.45) is 14.5. The second-order valence-electron chi connectivity index (χ2n) is 8.03. The highest BCUT2D eigenvalue weighted by Gasteiger charge is 2.11. The minimum absolute atomic E-state index is 0.258. The van der Waals surface area contributed by atoms with Gasteiger partial charge >= 0.3 is 0 Å². The highest BCUT2D eigenvalue weighted by atomic mass is 16.3. The van der Waals surface area contributed by atoms with Crippen LogP contribution < -0.4 is 0 Å². The Morgan fingerprint density at radius 3 is 1.29 bits per heavy atom. The largest absolute Gasteiger partial charge is 0.507 e. The molecule has 2 aromatic rings. The third-order valence-electron chi connectivity index (χ3n) is 5.55. The Morgan fingerprint density at radius 2 is 0.929 bits per heavy atom. The van der Waals surface area contributed by atoms with Gasteiger partial charge in [0.1, 0.15) is 11.5 Å². The minimum Gasteiger partial charge on any atom is -0.507 e. The quantitative estimate of drug-likeness (QED) is 0.347. The average molecular weight is 383 g/mol. The van der Waals surface area contributed by atoms with Crippen LogP contribution in [0.5, 0.6) is 11.5 Å². The van der Waals surface area contributed by atoms with Crippen LogP contribution in [0.3, 0.4) is 0 Å². The molecule has 0 saturated carbocycles. The molecule has 2 N–H and O–H groups in total. The van der Waals surface area contributed by atoms with E-state index in [4.69, 9.17) is 0 Å². The van der Waals surface area contributed by atoms with Gasteiger partial charge in [-0.15, -0.1) is 0 Å². The SMILES string of the molecule is CCCCCCCc1ccc(-c2ccc(CCCCCCC)cc2O)c(O)c1. The summed E-state index contributed by atoms with van der Waals surface area (Å²) in [5.41, 5.74) is 3.75. The van der Waals surface area contributed by atoms with Gasteiger partial charge in [-0.25, -0.2) is 0 Å². The van der Waals surface area contributed by atoms with Crippen LogP contribution in [-0.2, 0) is 12.8 Å². The van der Waals surface area contributed by atoms with Crippen LogP contribution in [0.4, 0.5) is 0 Å². The zero-order valence-corrected chi connectivity index (χ0v) is 17.8. The maximum Gasteiger partial charge on any atom is 0.123 e. The molecule has 0 bridgehead atoms. The standard InChI is InChI=1S/C26H38O2/c1-3-5-7-9-11-13-21-15-17-23(25(27)19-21)24-18-16-22(20-26(24)28)14-12-10-8-6-4-2/h15-20,27-28H,3-14H2,1-2H3. The topological polar surface area (TPSA) is 40.5 Å². The molecule has 0 aliphatic rings. The van der Waals surface area contributed by atoms with Gasteiger partial charge < -0.3 is 10.2 Å². The number of rotatable bonds is 13. The number of benzene rings is 2. The molecule has 2 nitrogen and oxygen atoms in total. The first kappa shape index (κ1) is 22.3. The Balaban J connectivity index is 1.94. The molecular weight excluding hydrogens is 344 g/mol. The summed E-state index contributed by atoms with van der Waals surface area (Å²) < 4.78 is 0. The molecular formula is C26H38O2. The summed E-state index contributed by atoms with van der Waals surface area (Å²) in [5.74, 6) is 0.516. The van der Waals surface area contributed by atoms with Crippen molar-refractivity contribution < 1.29 is 10.2 Å². The van der Waals surface area contributed by atoms with Crippen LogP contribution >= 0.6 is 0 Å². The summed E-state index contributed by atoms with van der Waals surface area (Å²) in [6, 6.07) is 11.8. The van der Waals surface area contributed by atoms with Gasteiger partial charge in [-0.3, -0.25) is 0 Å². The van der Waals surface area contributed by atoms with Crippen LogP contribution in [-0.4, -0.2) is 10.2 Å². The van der Waals surface area contributed by atoms with E-state index in [1.54, 1.807) is 0 Å². The van der Waals surface area contributed by atoms with Crippen molar-refractivity contribution in [3.05, 3.63) is 47.5 Å². The van der Waals surface area contributed by atoms with Gasteiger partial charge in [0.15, 0.2) is 0 Å². The van der Waals surface area contributed by atoms with E-state index in [-0.39, 0.29) is 11.5 Å². The Hall–Kier alpha value is -1.96. The van der Waals surface area contributed by atoms with Crippen molar-refractivity contribution in [3.63, 3.8) is 0 Å². The maximum atomic E-state index is 10.5. The van der Waals surface area contributed by atoms with Gasteiger partial charge in [-0.05, 0) is 48.9 Å². The number of phenols is 2. The van der Waals surface area contributed by atoms with Gasteiger partial charge in [0.25, 0.3) is 0 Å². The number of aromatic hydroxyl groups is 2. The molecule has 154 valence electrons. The molecule has 0 spiro atoms. The lowest BCUT2D eigenvalue weighted by Crippen LogP contribution is -1.90. The van der Waals surface area contributed by atoms with Crippen LogP contribution in [0.2, 0.25) is 0 Å². The van der Waals surface area contributed by atoms with Crippen LogP contribution in [0.15, 0.2) is 36.4 Å². The van der Waals surface area contributed by atoms with Crippen molar-refractivity contribution in [1.29, 1.82) is 0 Å². The molecule has 0 saturated heterocycles. The zero-order chi connectivity index (χ0) is 20.2. The lowest BCUT2D eigenvalue weighted by atomic mass is 9.97. The average Bonchev–Trinajstić information content (AvgIpc) is 2.68. The van der Waals surface area contributed by atoms with Gasteiger partial charge in [0.2, 0.25) is 0 Å². The molecule has 2 aromatic carbocycles. The molecule has 2 rings (SSSR count). The monoisotopic (exact) mass is 382 g/mol. The van der Waals surface area contributed by atoms with Crippen LogP contribution in [0.1, 0.15) is 89.2 Å². The van der Waals surface area contributed by atoms with E-state index in [1.165, 1.54) is 62.5 Å². The van der Waals surface area contributed by atoms with E-state index in [0.717, 1.165) is 25.7 Å². The molecule has 0 radical (unpaired) electrons.